The van der Waals surface area contributed by atoms with Crippen molar-refractivity contribution in [1.29, 1.82) is 0 Å². The maximum absolute atomic E-state index is 14.3. The predicted octanol–water partition coefficient (Wildman–Crippen LogP) is 5.32. The second-order valence-electron chi connectivity index (χ2n) is 11.6. The first kappa shape index (κ1) is 27.0. The normalized spacial score (nSPS) is 25.2. The number of hydrogen-bond donors (Lipinski definition) is 0. The van der Waals surface area contributed by atoms with Gasteiger partial charge in [0.25, 0.3) is 5.91 Å². The van der Waals surface area contributed by atoms with Crippen LogP contribution in [0.3, 0.4) is 0 Å². The van der Waals surface area contributed by atoms with Crippen LogP contribution in [0, 0.1) is 5.92 Å². The average Bonchev–Trinajstić information content (AvgIpc) is 3.49. The van der Waals surface area contributed by atoms with Crippen LogP contribution in [-0.2, 0) is 36.5 Å². The molecule has 212 valence electrons. The number of carbonyl (C=O) groups is 1. The van der Waals surface area contributed by atoms with Gasteiger partial charge in [0, 0.05) is 37.9 Å². The number of ether oxygens (including phenoxy) is 1. The Hall–Kier alpha value is -3.24. The molecular formula is C30H34F3N5O2. The Morgan fingerprint density at radius 3 is 2.65 bits per heavy atom. The first-order valence-electron chi connectivity index (χ1n) is 13.9. The van der Waals surface area contributed by atoms with Gasteiger partial charge in [0.15, 0.2) is 0 Å². The van der Waals surface area contributed by atoms with E-state index in [0.717, 1.165) is 30.7 Å². The molecule has 0 spiro atoms. The molecule has 1 aromatic heterocycles. The van der Waals surface area contributed by atoms with E-state index in [1.807, 2.05) is 36.7 Å². The van der Waals surface area contributed by atoms with Gasteiger partial charge in [-0.1, -0.05) is 26.0 Å². The SMILES string of the molecule is CC[C@H]1CN(Cc2cc3c(c(C(F)(F)F)c2)CN(c2cccc([C@]4(c5nncn5C)C[C@@H](C)C4)c2)C3=O)CCO1. The molecule has 40 heavy (non-hydrogen) atoms. The van der Waals surface area contributed by atoms with Gasteiger partial charge in [-0.05, 0) is 66.1 Å². The van der Waals surface area contributed by atoms with Gasteiger partial charge in [-0.3, -0.25) is 9.69 Å². The summed E-state index contributed by atoms with van der Waals surface area (Å²) in [5, 5.41) is 8.48. The summed E-state index contributed by atoms with van der Waals surface area (Å²) >= 11 is 0. The fourth-order valence-electron chi connectivity index (χ4n) is 6.82. The van der Waals surface area contributed by atoms with E-state index in [4.69, 9.17) is 4.74 Å². The Kier molecular flexibility index (Phi) is 6.73. The van der Waals surface area contributed by atoms with Crippen LogP contribution in [0.2, 0.25) is 0 Å². The Morgan fingerprint density at radius 2 is 1.98 bits per heavy atom. The monoisotopic (exact) mass is 553 g/mol. The van der Waals surface area contributed by atoms with Crippen molar-refractivity contribution in [1.82, 2.24) is 19.7 Å². The molecule has 3 heterocycles. The molecule has 1 amide bonds. The van der Waals surface area contributed by atoms with Gasteiger partial charge in [0.1, 0.15) is 12.2 Å². The summed E-state index contributed by atoms with van der Waals surface area (Å²) in [6, 6.07) is 10.5. The molecule has 1 saturated carbocycles. The lowest BCUT2D eigenvalue weighted by Crippen LogP contribution is -2.43. The number of anilines is 1. The van der Waals surface area contributed by atoms with Gasteiger partial charge in [-0.2, -0.15) is 13.2 Å². The zero-order valence-electron chi connectivity index (χ0n) is 23.0. The van der Waals surface area contributed by atoms with Crippen molar-refractivity contribution in [3.63, 3.8) is 0 Å². The minimum Gasteiger partial charge on any atom is -0.376 e. The first-order chi connectivity index (χ1) is 19.1. The number of amides is 1. The van der Waals surface area contributed by atoms with Gasteiger partial charge in [-0.15, -0.1) is 10.2 Å². The number of fused-ring (bicyclic) bond motifs is 1. The smallest absolute Gasteiger partial charge is 0.376 e. The number of alkyl halides is 3. The zero-order chi connectivity index (χ0) is 28.2. The number of morpholine rings is 1. The Bertz CT molecular complexity index is 1430. The summed E-state index contributed by atoms with van der Waals surface area (Å²) < 4.78 is 50.5. The highest BCUT2D eigenvalue weighted by atomic mass is 19.4. The Balaban J connectivity index is 1.33. The molecule has 6 rings (SSSR count). The van der Waals surface area contributed by atoms with Crippen molar-refractivity contribution >= 4 is 11.6 Å². The van der Waals surface area contributed by atoms with E-state index >= 15 is 0 Å². The largest absolute Gasteiger partial charge is 0.416 e. The minimum atomic E-state index is -4.56. The summed E-state index contributed by atoms with van der Waals surface area (Å²) in [7, 11) is 1.92. The number of nitrogens with zero attached hydrogens (tertiary/aromatic N) is 5. The molecule has 1 aliphatic carbocycles. The molecule has 3 aromatic rings. The number of rotatable bonds is 6. The lowest BCUT2D eigenvalue weighted by atomic mass is 9.58. The number of benzene rings is 2. The van der Waals surface area contributed by atoms with Crippen molar-refractivity contribution in [3.8, 4) is 0 Å². The summed E-state index contributed by atoms with van der Waals surface area (Å²) in [5.41, 5.74) is 1.20. The fourth-order valence-corrected chi connectivity index (χ4v) is 6.82. The molecule has 0 radical (unpaired) electrons. The molecule has 2 fully saturated rings. The van der Waals surface area contributed by atoms with Gasteiger partial charge < -0.3 is 14.2 Å². The number of carbonyl (C=O) groups excluding carboxylic acids is 1. The second kappa shape index (κ2) is 9.99. The number of aryl methyl sites for hydroxylation is 1. The highest BCUT2D eigenvalue weighted by molar-refractivity contribution is 6.10. The molecule has 10 heteroatoms. The lowest BCUT2D eigenvalue weighted by molar-refractivity contribution is -0.138. The molecule has 3 aliphatic rings. The van der Waals surface area contributed by atoms with E-state index in [9.17, 15) is 18.0 Å². The molecule has 2 aliphatic heterocycles. The molecule has 0 bridgehead atoms. The predicted molar refractivity (Wildman–Crippen MR) is 144 cm³/mol. The van der Waals surface area contributed by atoms with Crippen molar-refractivity contribution in [2.24, 2.45) is 13.0 Å². The van der Waals surface area contributed by atoms with Crippen LogP contribution >= 0.6 is 0 Å². The third kappa shape index (κ3) is 4.60. The van der Waals surface area contributed by atoms with Crippen LogP contribution in [0.25, 0.3) is 0 Å². The first-order valence-corrected chi connectivity index (χ1v) is 13.9. The van der Waals surface area contributed by atoms with Gasteiger partial charge >= 0.3 is 6.18 Å². The molecule has 7 nitrogen and oxygen atoms in total. The van der Waals surface area contributed by atoms with Crippen molar-refractivity contribution < 1.29 is 22.7 Å². The van der Waals surface area contributed by atoms with E-state index in [1.165, 1.54) is 11.0 Å². The number of aromatic nitrogens is 3. The summed E-state index contributed by atoms with van der Waals surface area (Å²) in [6.45, 7) is 6.31. The topological polar surface area (TPSA) is 63.5 Å². The van der Waals surface area contributed by atoms with Gasteiger partial charge in [-0.25, -0.2) is 0 Å². The average molecular weight is 554 g/mol. The fraction of sp³-hybridized carbons (Fsp3) is 0.500. The van der Waals surface area contributed by atoms with E-state index < -0.39 is 17.6 Å². The zero-order valence-corrected chi connectivity index (χ0v) is 23.0. The van der Waals surface area contributed by atoms with Gasteiger partial charge in [0.05, 0.1) is 30.2 Å². The number of hydrogen-bond acceptors (Lipinski definition) is 5. The maximum atomic E-state index is 14.3. The van der Waals surface area contributed by atoms with Crippen LogP contribution in [0.15, 0.2) is 42.7 Å². The van der Waals surface area contributed by atoms with Crippen molar-refractivity contribution in [2.75, 3.05) is 24.6 Å². The molecule has 0 N–H and O–H groups in total. The lowest BCUT2D eigenvalue weighted by Gasteiger charge is -2.46. The third-order valence-corrected chi connectivity index (χ3v) is 8.73. The summed E-state index contributed by atoms with van der Waals surface area (Å²) in [4.78, 5) is 17.3. The molecule has 2 aromatic carbocycles. The van der Waals surface area contributed by atoms with E-state index in [0.29, 0.717) is 43.4 Å². The molecule has 1 atom stereocenters. The Labute approximate surface area is 231 Å². The molecule has 0 unspecified atom stereocenters. The van der Waals surface area contributed by atoms with E-state index in [2.05, 4.69) is 22.0 Å². The highest BCUT2D eigenvalue weighted by Gasteiger charge is 2.48. The highest BCUT2D eigenvalue weighted by Crippen LogP contribution is 2.52. The summed E-state index contributed by atoms with van der Waals surface area (Å²) in [5.74, 6) is 0.962. The standard InChI is InChI=1S/C30H34F3N5O2/c1-4-23-16-37(8-9-40-23)15-20-10-24-25(26(11-20)30(31,32)33)17-38(27(24)39)22-7-5-6-21(12-22)29(13-19(2)14-29)28-35-34-18-36(28)3/h5-7,10-12,18-19,23H,4,8-9,13-17H2,1-3H3/t19-,23-,29+/m0/s1. The van der Waals surface area contributed by atoms with Crippen LogP contribution in [0.1, 0.15) is 71.5 Å². The van der Waals surface area contributed by atoms with Crippen molar-refractivity contribution in [3.05, 3.63) is 76.4 Å². The minimum absolute atomic E-state index is 0.0420. The number of halogens is 3. The maximum Gasteiger partial charge on any atom is 0.416 e. The van der Waals surface area contributed by atoms with Crippen LogP contribution in [0.5, 0.6) is 0 Å². The van der Waals surface area contributed by atoms with Gasteiger partial charge in [0.2, 0.25) is 0 Å². The van der Waals surface area contributed by atoms with Crippen LogP contribution in [0.4, 0.5) is 18.9 Å². The molecule has 1 saturated heterocycles. The third-order valence-electron chi connectivity index (χ3n) is 8.73. The van der Waals surface area contributed by atoms with Crippen molar-refractivity contribution in [2.45, 2.75) is 63.9 Å². The Morgan fingerprint density at radius 1 is 1.18 bits per heavy atom. The van der Waals surface area contributed by atoms with E-state index in [-0.39, 0.29) is 29.2 Å². The summed E-state index contributed by atoms with van der Waals surface area (Å²) in [6.07, 6.45) is -0.193. The van der Waals surface area contributed by atoms with Crippen LogP contribution in [-0.4, -0.2) is 51.4 Å². The second-order valence-corrected chi connectivity index (χ2v) is 11.6. The van der Waals surface area contributed by atoms with E-state index in [1.54, 1.807) is 18.5 Å². The molecular weight excluding hydrogens is 519 g/mol. The van der Waals surface area contributed by atoms with Crippen LogP contribution < -0.4 is 4.90 Å². The quantitative estimate of drug-likeness (QED) is 0.414.